The Hall–Kier alpha value is -9.33. The average Bonchev–Trinajstić information content (AvgIpc) is 4.05. The molecule has 0 aliphatic heterocycles. The molecule has 0 saturated heterocycles. The van der Waals surface area contributed by atoms with Crippen LogP contribution in [0.3, 0.4) is 0 Å². The third-order valence-electron chi connectivity index (χ3n) is 16.0. The van der Waals surface area contributed by atoms with Crippen LogP contribution in [0.25, 0.3) is 66.1 Å². The van der Waals surface area contributed by atoms with Crippen LogP contribution in [0.4, 0.5) is 0 Å². The summed E-state index contributed by atoms with van der Waals surface area (Å²) in [5.74, 6) is 0. The van der Waals surface area contributed by atoms with Gasteiger partial charge in [-0.15, -0.1) is 0 Å². The van der Waals surface area contributed by atoms with E-state index in [0.717, 1.165) is 16.9 Å². The molecule has 358 valence electrons. The molecule has 0 radical (unpaired) electrons. The van der Waals surface area contributed by atoms with E-state index in [1.54, 1.807) is 0 Å². The lowest BCUT2D eigenvalue weighted by atomic mass is 10.0. The molecule has 14 aromatic rings. The fourth-order valence-corrected chi connectivity index (χ4v) is 22.6. The summed E-state index contributed by atoms with van der Waals surface area (Å²) in [5, 5.41) is 15.8. The molecule has 0 atom stereocenters. The monoisotopic (exact) mass is 1000 g/mol. The molecule has 0 spiro atoms. The maximum atomic E-state index is 2.55. The lowest BCUT2D eigenvalue weighted by Crippen LogP contribution is -2.74. The minimum Gasteiger partial charge on any atom is -0.309 e. The van der Waals surface area contributed by atoms with E-state index in [1.807, 2.05) is 0 Å². The van der Waals surface area contributed by atoms with Crippen LogP contribution in [0.15, 0.2) is 315 Å². The van der Waals surface area contributed by atoms with Crippen LogP contribution in [0, 0.1) is 0 Å². The number of benzene rings is 12. The first-order valence-corrected chi connectivity index (χ1v) is 30.3. The smallest absolute Gasteiger partial charge is 0.180 e. The SMILES string of the molecule is c1ccc(-c2ccccc2-n2c3ccc(-n4c5ccccc5c5ccc([Si](c6ccccc6)(c6ccccc6)c6ccccc6)cc54)cc3c3c([Si](c4ccccc4)(c4ccccc4)c4ccccc4)cccc32)cc1. The zero-order chi connectivity index (χ0) is 50.5. The van der Waals surface area contributed by atoms with Gasteiger partial charge in [0.2, 0.25) is 0 Å². The first-order valence-electron chi connectivity index (χ1n) is 26.3. The maximum Gasteiger partial charge on any atom is 0.180 e. The van der Waals surface area contributed by atoms with Gasteiger partial charge in [0.05, 0.1) is 27.8 Å². The fourth-order valence-electron chi connectivity index (χ4n) is 12.9. The summed E-state index contributed by atoms with van der Waals surface area (Å²) in [6, 6.07) is 118. The van der Waals surface area contributed by atoms with Crippen molar-refractivity contribution in [2.75, 3.05) is 0 Å². The van der Waals surface area contributed by atoms with Gasteiger partial charge in [-0.1, -0.05) is 273 Å². The molecule has 0 saturated carbocycles. The fraction of sp³-hybridized carbons (Fsp3) is 0. The van der Waals surface area contributed by atoms with Crippen LogP contribution in [0.1, 0.15) is 0 Å². The molecule has 2 aromatic heterocycles. The van der Waals surface area contributed by atoms with Crippen LogP contribution in [0.5, 0.6) is 0 Å². The van der Waals surface area contributed by atoms with E-state index in [9.17, 15) is 0 Å². The number of fused-ring (bicyclic) bond motifs is 6. The number of aromatic nitrogens is 2. The van der Waals surface area contributed by atoms with Crippen LogP contribution < -0.4 is 41.5 Å². The standard InChI is InChI=1S/C72H52N2Si2/c1-8-27-53(28-9-1)62-41-22-24-43-66(62)74-68-50-47-54(51-65(68)72-69(74)45-26-46-71(72)76(58-35-16-5-17-36-58,59-37-18-6-19-38-59)60-39-20-7-21-40-60)73-67-44-25-23-42-63(67)64-49-48-61(52-70(64)73)75(55-29-10-2-11-30-55,56-31-12-3-13-32-56)57-33-14-4-15-34-57/h1-52H. The predicted molar refractivity (Wildman–Crippen MR) is 328 cm³/mol. The van der Waals surface area contributed by atoms with Crippen molar-refractivity contribution in [1.29, 1.82) is 0 Å². The van der Waals surface area contributed by atoms with Crippen molar-refractivity contribution in [3.63, 3.8) is 0 Å². The zero-order valence-electron chi connectivity index (χ0n) is 41.9. The topological polar surface area (TPSA) is 9.86 Å². The van der Waals surface area contributed by atoms with Gasteiger partial charge in [-0.05, 0) is 89.5 Å². The van der Waals surface area contributed by atoms with Crippen molar-refractivity contribution in [3.05, 3.63) is 315 Å². The third-order valence-corrected chi connectivity index (χ3v) is 25.6. The lowest BCUT2D eigenvalue weighted by molar-refractivity contribution is 1.17. The van der Waals surface area contributed by atoms with E-state index in [0.29, 0.717) is 0 Å². The second kappa shape index (κ2) is 18.9. The lowest BCUT2D eigenvalue weighted by Gasteiger charge is -2.35. The highest BCUT2D eigenvalue weighted by Crippen LogP contribution is 2.39. The van der Waals surface area contributed by atoms with E-state index >= 15 is 0 Å². The average molecular weight is 1000 g/mol. The van der Waals surface area contributed by atoms with Gasteiger partial charge in [-0.3, -0.25) is 0 Å². The molecule has 0 N–H and O–H groups in total. The molecule has 0 fully saturated rings. The first kappa shape index (κ1) is 45.3. The Bertz CT molecular complexity index is 4170. The van der Waals surface area contributed by atoms with E-state index in [1.165, 1.54) is 90.7 Å². The van der Waals surface area contributed by atoms with Gasteiger partial charge in [0.1, 0.15) is 0 Å². The highest BCUT2D eigenvalue weighted by molar-refractivity contribution is 7.21. The quantitative estimate of drug-likeness (QED) is 0.0903. The Balaban J connectivity index is 1.12. The Morgan fingerprint density at radius 2 is 0.671 bits per heavy atom. The van der Waals surface area contributed by atoms with Gasteiger partial charge < -0.3 is 9.13 Å². The Labute approximate surface area is 445 Å². The normalized spacial score (nSPS) is 11.9. The van der Waals surface area contributed by atoms with Gasteiger partial charge in [0, 0.05) is 32.8 Å². The first-order chi connectivity index (χ1) is 37.7. The Morgan fingerprint density at radius 3 is 1.22 bits per heavy atom. The minimum absolute atomic E-state index is 1.12. The van der Waals surface area contributed by atoms with Gasteiger partial charge in [-0.2, -0.15) is 0 Å². The summed E-state index contributed by atoms with van der Waals surface area (Å²) >= 11 is 0. The molecule has 14 rings (SSSR count). The van der Waals surface area contributed by atoms with E-state index in [2.05, 4.69) is 325 Å². The molecule has 0 amide bonds. The summed E-state index contributed by atoms with van der Waals surface area (Å²) in [7, 11) is -5.93. The van der Waals surface area contributed by atoms with Crippen molar-refractivity contribution in [2.45, 2.75) is 0 Å². The van der Waals surface area contributed by atoms with Gasteiger partial charge in [0.25, 0.3) is 0 Å². The second-order valence-electron chi connectivity index (χ2n) is 19.9. The van der Waals surface area contributed by atoms with E-state index < -0.39 is 16.1 Å². The van der Waals surface area contributed by atoms with E-state index in [4.69, 9.17) is 0 Å². The number of para-hydroxylation sites is 2. The van der Waals surface area contributed by atoms with Crippen LogP contribution in [0.2, 0.25) is 0 Å². The predicted octanol–water partition coefficient (Wildman–Crippen LogP) is 12.3. The molecule has 0 aliphatic rings. The van der Waals surface area contributed by atoms with Crippen molar-refractivity contribution in [2.24, 2.45) is 0 Å². The zero-order valence-corrected chi connectivity index (χ0v) is 43.9. The van der Waals surface area contributed by atoms with Gasteiger partial charge in [-0.25, -0.2) is 0 Å². The summed E-state index contributed by atoms with van der Waals surface area (Å²) in [5.41, 5.74) is 9.36. The number of hydrogen-bond acceptors (Lipinski definition) is 0. The molecule has 12 aromatic carbocycles. The largest absolute Gasteiger partial charge is 0.309 e. The van der Waals surface area contributed by atoms with Crippen LogP contribution in [-0.4, -0.2) is 25.3 Å². The number of rotatable bonds is 11. The highest BCUT2D eigenvalue weighted by Gasteiger charge is 2.44. The molecule has 0 unspecified atom stereocenters. The molecule has 76 heavy (non-hydrogen) atoms. The van der Waals surface area contributed by atoms with E-state index in [-0.39, 0.29) is 0 Å². The Kier molecular flexibility index (Phi) is 11.2. The highest BCUT2D eigenvalue weighted by atomic mass is 28.3. The molecular weight excluding hydrogens is 949 g/mol. The molecule has 2 heterocycles. The molecule has 0 bridgehead atoms. The summed E-state index contributed by atoms with van der Waals surface area (Å²) in [6.45, 7) is 0. The molecule has 2 nitrogen and oxygen atoms in total. The van der Waals surface area contributed by atoms with Crippen molar-refractivity contribution in [3.8, 4) is 22.5 Å². The maximum absolute atomic E-state index is 3.06. The van der Waals surface area contributed by atoms with Crippen molar-refractivity contribution < 1.29 is 0 Å². The Morgan fingerprint density at radius 1 is 0.237 bits per heavy atom. The molecule has 4 heteroatoms. The number of nitrogens with zero attached hydrogens (tertiary/aromatic N) is 2. The van der Waals surface area contributed by atoms with Crippen LogP contribution >= 0.6 is 0 Å². The van der Waals surface area contributed by atoms with Gasteiger partial charge in [0.15, 0.2) is 16.1 Å². The van der Waals surface area contributed by atoms with Crippen LogP contribution in [-0.2, 0) is 0 Å². The van der Waals surface area contributed by atoms with Gasteiger partial charge >= 0.3 is 0 Å². The summed E-state index contributed by atoms with van der Waals surface area (Å²) < 4.78 is 5.09. The minimum atomic E-state index is -3.06. The molecular formula is C72H52N2Si2. The number of hydrogen-bond donors (Lipinski definition) is 0. The van der Waals surface area contributed by atoms with Crippen molar-refractivity contribution >= 4 is 101 Å². The third kappa shape index (κ3) is 7.06. The molecule has 0 aliphatic carbocycles. The second-order valence-corrected chi connectivity index (χ2v) is 27.5. The summed E-state index contributed by atoms with van der Waals surface area (Å²) in [6.07, 6.45) is 0. The van der Waals surface area contributed by atoms with Crippen molar-refractivity contribution in [1.82, 2.24) is 9.13 Å². The summed E-state index contributed by atoms with van der Waals surface area (Å²) in [4.78, 5) is 0.